The summed E-state index contributed by atoms with van der Waals surface area (Å²) >= 11 is 0. The Labute approximate surface area is 180 Å². The van der Waals surface area contributed by atoms with Crippen molar-refractivity contribution in [3.8, 4) is 11.6 Å². The van der Waals surface area contributed by atoms with Gasteiger partial charge in [-0.1, -0.05) is 12.0 Å². The molecule has 1 amide bonds. The molecule has 1 aliphatic heterocycles. The largest absolute Gasteiger partial charge is 0.401 e. The fourth-order valence-electron chi connectivity index (χ4n) is 3.65. The summed E-state index contributed by atoms with van der Waals surface area (Å²) in [6, 6.07) is 7.57. The normalized spacial score (nSPS) is 17.6. The SMILES string of the molecule is Cc1cc(-c2nnc(NC(=O)c3ccc(S(=O)(=O)N4CCCC(C)C4)cc3)o2)n(C)n1. The molecule has 1 fully saturated rings. The number of nitrogens with one attached hydrogen (secondary N) is 1. The van der Waals surface area contributed by atoms with E-state index in [4.69, 9.17) is 4.42 Å². The topological polar surface area (TPSA) is 123 Å². The number of benzene rings is 1. The Morgan fingerprint density at radius 1 is 1.23 bits per heavy atom. The van der Waals surface area contributed by atoms with Gasteiger partial charge < -0.3 is 4.42 Å². The summed E-state index contributed by atoms with van der Waals surface area (Å²) in [5.41, 5.74) is 1.71. The van der Waals surface area contributed by atoms with Gasteiger partial charge in [-0.25, -0.2) is 8.42 Å². The smallest absolute Gasteiger partial charge is 0.322 e. The maximum absolute atomic E-state index is 12.9. The summed E-state index contributed by atoms with van der Waals surface area (Å²) in [7, 11) is -1.82. The van der Waals surface area contributed by atoms with E-state index in [-0.39, 0.29) is 22.4 Å². The van der Waals surface area contributed by atoms with Gasteiger partial charge in [-0.3, -0.25) is 14.8 Å². The second-order valence-corrected chi connectivity index (χ2v) is 9.73. The number of hydrogen-bond acceptors (Lipinski definition) is 7. The van der Waals surface area contributed by atoms with E-state index in [1.54, 1.807) is 17.8 Å². The van der Waals surface area contributed by atoms with Crippen LogP contribution in [0.4, 0.5) is 6.01 Å². The van der Waals surface area contributed by atoms with E-state index in [1.165, 1.54) is 28.6 Å². The van der Waals surface area contributed by atoms with Gasteiger partial charge in [-0.2, -0.15) is 9.40 Å². The molecule has 10 nitrogen and oxygen atoms in total. The molecular weight excluding hydrogens is 420 g/mol. The zero-order valence-corrected chi connectivity index (χ0v) is 18.4. The van der Waals surface area contributed by atoms with E-state index in [0.717, 1.165) is 18.5 Å². The van der Waals surface area contributed by atoms with Crippen LogP contribution in [-0.4, -0.2) is 51.7 Å². The monoisotopic (exact) mass is 444 g/mol. The Morgan fingerprint density at radius 2 is 1.97 bits per heavy atom. The summed E-state index contributed by atoms with van der Waals surface area (Å²) in [6.07, 6.45) is 1.88. The van der Waals surface area contributed by atoms with Crippen LogP contribution in [0, 0.1) is 12.8 Å². The minimum Gasteiger partial charge on any atom is -0.401 e. The number of hydrogen-bond donors (Lipinski definition) is 1. The lowest BCUT2D eigenvalue weighted by atomic mass is 10.0. The number of carbonyl (C=O) groups excluding carboxylic acids is 1. The van der Waals surface area contributed by atoms with E-state index in [2.05, 4.69) is 20.6 Å². The molecule has 0 radical (unpaired) electrons. The van der Waals surface area contributed by atoms with Crippen LogP contribution in [0.5, 0.6) is 0 Å². The first kappa shape index (κ1) is 21.2. The van der Waals surface area contributed by atoms with Crippen LogP contribution in [0.15, 0.2) is 39.6 Å². The van der Waals surface area contributed by atoms with Gasteiger partial charge in [0.15, 0.2) is 0 Å². The van der Waals surface area contributed by atoms with E-state index in [1.807, 2.05) is 13.8 Å². The van der Waals surface area contributed by atoms with Crippen LogP contribution < -0.4 is 5.32 Å². The van der Waals surface area contributed by atoms with Crippen LogP contribution in [0.2, 0.25) is 0 Å². The molecule has 11 heteroatoms. The summed E-state index contributed by atoms with van der Waals surface area (Å²) in [4.78, 5) is 12.7. The lowest BCUT2D eigenvalue weighted by Gasteiger charge is -2.30. The van der Waals surface area contributed by atoms with Gasteiger partial charge in [0.2, 0.25) is 10.0 Å². The maximum Gasteiger partial charge on any atom is 0.322 e. The fraction of sp³-hybridized carbons (Fsp3) is 0.400. The first-order valence-electron chi connectivity index (χ1n) is 10.00. The summed E-state index contributed by atoms with van der Waals surface area (Å²) < 4.78 is 34.3. The fourth-order valence-corrected chi connectivity index (χ4v) is 5.25. The summed E-state index contributed by atoms with van der Waals surface area (Å²) in [5.74, 6) is 0.0886. The number of nitrogens with zero attached hydrogens (tertiary/aromatic N) is 5. The number of rotatable bonds is 5. The van der Waals surface area contributed by atoms with Crippen molar-refractivity contribution in [2.24, 2.45) is 13.0 Å². The Hall–Kier alpha value is -3.05. The predicted molar refractivity (Wildman–Crippen MR) is 113 cm³/mol. The van der Waals surface area contributed by atoms with E-state index < -0.39 is 15.9 Å². The standard InChI is InChI=1S/C20H24N6O4S/c1-13-5-4-10-26(12-13)31(28,29)16-8-6-15(7-9-16)18(27)21-20-23-22-19(30-20)17-11-14(2)24-25(17)3/h6-9,11,13H,4-5,10,12H2,1-3H3,(H,21,23,27). The van der Waals surface area contributed by atoms with Gasteiger partial charge in [0.25, 0.3) is 11.8 Å². The average Bonchev–Trinajstić information content (AvgIpc) is 3.33. The van der Waals surface area contributed by atoms with Crippen molar-refractivity contribution in [1.82, 2.24) is 24.3 Å². The van der Waals surface area contributed by atoms with Crippen molar-refractivity contribution in [3.63, 3.8) is 0 Å². The first-order chi connectivity index (χ1) is 14.7. The van der Waals surface area contributed by atoms with E-state index in [9.17, 15) is 13.2 Å². The molecular formula is C20H24N6O4S. The number of sulfonamides is 1. The number of piperidine rings is 1. The van der Waals surface area contributed by atoms with Gasteiger partial charge in [0.1, 0.15) is 5.69 Å². The Bertz CT molecular complexity index is 1200. The second-order valence-electron chi connectivity index (χ2n) is 7.80. The molecule has 2 aromatic heterocycles. The van der Waals surface area contributed by atoms with E-state index >= 15 is 0 Å². The molecule has 164 valence electrons. The molecule has 1 aromatic carbocycles. The quantitative estimate of drug-likeness (QED) is 0.641. The van der Waals surface area contributed by atoms with Gasteiger partial charge in [-0.15, -0.1) is 5.10 Å². The molecule has 0 bridgehead atoms. The average molecular weight is 445 g/mol. The number of amides is 1. The van der Waals surface area contributed by atoms with Crippen molar-refractivity contribution in [2.75, 3.05) is 18.4 Å². The number of anilines is 1. The Balaban J connectivity index is 1.46. The molecule has 1 aliphatic rings. The molecule has 3 heterocycles. The van der Waals surface area contributed by atoms with Crippen LogP contribution in [0.1, 0.15) is 35.8 Å². The third kappa shape index (κ3) is 4.37. The molecule has 0 aliphatic carbocycles. The molecule has 4 rings (SSSR count). The number of aromatic nitrogens is 4. The molecule has 0 saturated carbocycles. The van der Waals surface area contributed by atoms with Crippen molar-refractivity contribution >= 4 is 21.9 Å². The van der Waals surface area contributed by atoms with Crippen molar-refractivity contribution < 1.29 is 17.6 Å². The predicted octanol–water partition coefficient (Wildman–Crippen LogP) is 2.45. The molecule has 1 N–H and O–H groups in total. The van der Waals surface area contributed by atoms with Gasteiger partial charge >= 0.3 is 6.01 Å². The van der Waals surface area contributed by atoms with Gasteiger partial charge in [0, 0.05) is 25.7 Å². The molecule has 3 aromatic rings. The highest BCUT2D eigenvalue weighted by Crippen LogP contribution is 2.24. The molecule has 1 atom stereocenters. The van der Waals surface area contributed by atoms with Crippen molar-refractivity contribution in [1.29, 1.82) is 0 Å². The third-order valence-corrected chi connectivity index (χ3v) is 7.12. The molecule has 31 heavy (non-hydrogen) atoms. The highest BCUT2D eigenvalue weighted by atomic mass is 32.2. The molecule has 1 saturated heterocycles. The second kappa shape index (κ2) is 8.23. The highest BCUT2D eigenvalue weighted by Gasteiger charge is 2.28. The third-order valence-electron chi connectivity index (χ3n) is 5.24. The lowest BCUT2D eigenvalue weighted by molar-refractivity contribution is 0.102. The van der Waals surface area contributed by atoms with Crippen LogP contribution in [0.3, 0.4) is 0 Å². The molecule has 0 spiro atoms. The minimum atomic E-state index is -3.57. The number of aryl methyl sites for hydroxylation is 2. The summed E-state index contributed by atoms with van der Waals surface area (Å²) in [5, 5.41) is 14.5. The van der Waals surface area contributed by atoms with E-state index in [0.29, 0.717) is 24.7 Å². The Morgan fingerprint density at radius 3 is 2.61 bits per heavy atom. The van der Waals surface area contributed by atoms with Crippen LogP contribution in [-0.2, 0) is 17.1 Å². The molecule has 1 unspecified atom stereocenters. The first-order valence-corrected chi connectivity index (χ1v) is 11.4. The minimum absolute atomic E-state index is 0.0575. The van der Waals surface area contributed by atoms with Crippen LogP contribution in [0.25, 0.3) is 11.6 Å². The van der Waals surface area contributed by atoms with Crippen molar-refractivity contribution in [2.45, 2.75) is 31.6 Å². The van der Waals surface area contributed by atoms with Gasteiger partial charge in [-0.05, 0) is 56.0 Å². The summed E-state index contributed by atoms with van der Waals surface area (Å²) in [6.45, 7) is 4.93. The lowest BCUT2D eigenvalue weighted by Crippen LogP contribution is -2.39. The highest BCUT2D eigenvalue weighted by molar-refractivity contribution is 7.89. The zero-order chi connectivity index (χ0) is 22.2. The van der Waals surface area contributed by atoms with Gasteiger partial charge in [0.05, 0.1) is 10.6 Å². The zero-order valence-electron chi connectivity index (χ0n) is 17.6. The number of carbonyl (C=O) groups is 1. The van der Waals surface area contributed by atoms with Crippen molar-refractivity contribution in [3.05, 3.63) is 41.6 Å². The Kier molecular flexibility index (Phi) is 5.63. The van der Waals surface area contributed by atoms with Crippen LogP contribution >= 0.6 is 0 Å². The maximum atomic E-state index is 12.9.